The standard InChI is InChI=1S/C20H29N3/c1-21(2)14-15-23(16-18-8-6-5-7-9-18)17-19-10-12-20(13-11-19)22(3)4/h5-13H,14-17H2,1-4H3/p+2. The Bertz CT molecular complexity index is 561. The predicted octanol–water partition coefficient (Wildman–Crippen LogP) is 0.482. The molecule has 0 amide bonds. The highest BCUT2D eigenvalue weighted by molar-refractivity contribution is 5.45. The maximum Gasteiger partial charge on any atom is 0.127 e. The average Bonchev–Trinajstić information content (AvgIpc) is 2.54. The van der Waals surface area contributed by atoms with Gasteiger partial charge in [0.05, 0.1) is 14.1 Å². The Morgan fingerprint density at radius 2 is 1.30 bits per heavy atom. The van der Waals surface area contributed by atoms with E-state index in [0.29, 0.717) is 0 Å². The van der Waals surface area contributed by atoms with Gasteiger partial charge in [0, 0.05) is 30.9 Å². The number of quaternary nitrogens is 2. The zero-order valence-electron chi connectivity index (χ0n) is 15.0. The van der Waals surface area contributed by atoms with Crippen molar-refractivity contribution < 1.29 is 9.80 Å². The fourth-order valence-corrected chi connectivity index (χ4v) is 2.75. The predicted molar refractivity (Wildman–Crippen MR) is 98.1 cm³/mol. The van der Waals surface area contributed by atoms with Crippen molar-refractivity contribution in [2.24, 2.45) is 0 Å². The van der Waals surface area contributed by atoms with Crippen LogP contribution in [0.1, 0.15) is 11.1 Å². The van der Waals surface area contributed by atoms with E-state index < -0.39 is 0 Å². The van der Waals surface area contributed by atoms with Gasteiger partial charge >= 0.3 is 0 Å². The molecule has 0 fully saturated rings. The zero-order valence-corrected chi connectivity index (χ0v) is 15.0. The third-order valence-corrected chi connectivity index (χ3v) is 4.18. The number of benzene rings is 2. The molecule has 0 saturated carbocycles. The summed E-state index contributed by atoms with van der Waals surface area (Å²) >= 11 is 0. The van der Waals surface area contributed by atoms with Crippen molar-refractivity contribution in [1.82, 2.24) is 0 Å². The van der Waals surface area contributed by atoms with E-state index in [1.54, 1.807) is 4.90 Å². The second-order valence-electron chi connectivity index (χ2n) is 6.86. The first kappa shape index (κ1) is 17.5. The maximum atomic E-state index is 2.27. The number of nitrogens with one attached hydrogen (secondary N) is 2. The molecule has 3 nitrogen and oxygen atoms in total. The topological polar surface area (TPSA) is 12.1 Å². The number of anilines is 1. The van der Waals surface area contributed by atoms with Crippen LogP contribution < -0.4 is 14.7 Å². The molecular formula is C20H31N3+2. The van der Waals surface area contributed by atoms with Crippen molar-refractivity contribution in [2.75, 3.05) is 46.2 Å². The number of likely N-dealkylation sites (N-methyl/N-ethyl adjacent to an activating group) is 1. The molecule has 124 valence electrons. The Labute approximate surface area is 141 Å². The molecule has 2 rings (SSSR count). The molecule has 0 aliphatic carbocycles. The van der Waals surface area contributed by atoms with E-state index in [0.717, 1.165) is 13.1 Å². The number of hydrogen-bond donors (Lipinski definition) is 2. The van der Waals surface area contributed by atoms with Crippen LogP contribution in [0, 0.1) is 0 Å². The van der Waals surface area contributed by atoms with E-state index in [4.69, 9.17) is 0 Å². The van der Waals surface area contributed by atoms with Crippen LogP contribution in [0.15, 0.2) is 54.6 Å². The summed E-state index contributed by atoms with van der Waals surface area (Å²) in [6, 6.07) is 19.8. The average molecular weight is 313 g/mol. The van der Waals surface area contributed by atoms with Crippen LogP contribution in [0.2, 0.25) is 0 Å². The molecule has 0 heterocycles. The Kier molecular flexibility index (Phi) is 6.63. The molecule has 0 bridgehead atoms. The van der Waals surface area contributed by atoms with Crippen LogP contribution in [0.3, 0.4) is 0 Å². The van der Waals surface area contributed by atoms with E-state index >= 15 is 0 Å². The van der Waals surface area contributed by atoms with Gasteiger partial charge in [0.1, 0.15) is 26.2 Å². The van der Waals surface area contributed by atoms with Gasteiger partial charge in [-0.3, -0.25) is 0 Å². The molecule has 0 radical (unpaired) electrons. The highest BCUT2D eigenvalue weighted by Gasteiger charge is 2.12. The Hall–Kier alpha value is -1.84. The monoisotopic (exact) mass is 313 g/mol. The lowest BCUT2D eigenvalue weighted by molar-refractivity contribution is -0.960. The van der Waals surface area contributed by atoms with Gasteiger partial charge < -0.3 is 14.7 Å². The molecule has 2 aromatic carbocycles. The van der Waals surface area contributed by atoms with Crippen LogP contribution in [0.25, 0.3) is 0 Å². The van der Waals surface area contributed by atoms with Crippen molar-refractivity contribution >= 4 is 5.69 Å². The largest absolute Gasteiger partial charge is 0.378 e. The number of nitrogens with zero attached hydrogens (tertiary/aromatic N) is 1. The van der Waals surface area contributed by atoms with Crippen molar-refractivity contribution in [1.29, 1.82) is 0 Å². The van der Waals surface area contributed by atoms with Gasteiger partial charge in [-0.25, -0.2) is 0 Å². The van der Waals surface area contributed by atoms with Gasteiger partial charge in [-0.05, 0) is 12.1 Å². The smallest absolute Gasteiger partial charge is 0.127 e. The lowest BCUT2D eigenvalue weighted by Crippen LogP contribution is -3.16. The summed E-state index contributed by atoms with van der Waals surface area (Å²) in [6.45, 7) is 4.55. The maximum absolute atomic E-state index is 2.27. The van der Waals surface area contributed by atoms with E-state index in [1.165, 1.54) is 34.8 Å². The first-order valence-electron chi connectivity index (χ1n) is 8.47. The molecule has 1 atom stereocenters. The second-order valence-corrected chi connectivity index (χ2v) is 6.86. The minimum Gasteiger partial charge on any atom is -0.378 e. The molecular weight excluding hydrogens is 282 g/mol. The first-order valence-corrected chi connectivity index (χ1v) is 8.47. The van der Waals surface area contributed by atoms with Crippen LogP contribution in [-0.4, -0.2) is 41.3 Å². The molecule has 2 N–H and O–H groups in total. The van der Waals surface area contributed by atoms with Crippen molar-refractivity contribution in [3.05, 3.63) is 65.7 Å². The summed E-state index contributed by atoms with van der Waals surface area (Å²) in [5, 5.41) is 0. The summed E-state index contributed by atoms with van der Waals surface area (Å²) in [7, 11) is 8.63. The Balaban J connectivity index is 2.03. The molecule has 0 aromatic heterocycles. The van der Waals surface area contributed by atoms with Crippen molar-refractivity contribution in [3.8, 4) is 0 Å². The molecule has 23 heavy (non-hydrogen) atoms. The third kappa shape index (κ3) is 6.05. The van der Waals surface area contributed by atoms with E-state index in [9.17, 15) is 0 Å². The molecule has 2 aromatic rings. The first-order chi connectivity index (χ1) is 11.0. The lowest BCUT2D eigenvalue weighted by atomic mass is 10.1. The van der Waals surface area contributed by atoms with Crippen LogP contribution >= 0.6 is 0 Å². The molecule has 1 unspecified atom stereocenters. The summed E-state index contributed by atoms with van der Waals surface area (Å²) in [6.07, 6.45) is 0. The van der Waals surface area contributed by atoms with Gasteiger partial charge in [0.15, 0.2) is 0 Å². The minimum atomic E-state index is 1.08. The Morgan fingerprint density at radius 3 is 1.83 bits per heavy atom. The lowest BCUT2D eigenvalue weighted by Gasteiger charge is -2.21. The van der Waals surface area contributed by atoms with Gasteiger partial charge in [0.2, 0.25) is 0 Å². The fourth-order valence-electron chi connectivity index (χ4n) is 2.75. The SMILES string of the molecule is CN(C)c1ccc(C[NH+](CC[NH+](C)C)Cc2ccccc2)cc1. The summed E-state index contributed by atoms with van der Waals surface area (Å²) in [4.78, 5) is 5.28. The van der Waals surface area contributed by atoms with E-state index in [2.05, 4.69) is 87.7 Å². The molecule has 0 aliphatic rings. The second kappa shape index (κ2) is 8.70. The highest BCUT2D eigenvalue weighted by Crippen LogP contribution is 2.11. The molecule has 3 heteroatoms. The molecule has 0 saturated heterocycles. The van der Waals surface area contributed by atoms with Crippen LogP contribution in [-0.2, 0) is 13.1 Å². The van der Waals surface area contributed by atoms with Crippen molar-refractivity contribution in [3.63, 3.8) is 0 Å². The van der Waals surface area contributed by atoms with E-state index in [1.807, 2.05) is 0 Å². The fraction of sp³-hybridized carbons (Fsp3) is 0.400. The third-order valence-electron chi connectivity index (χ3n) is 4.18. The van der Waals surface area contributed by atoms with Crippen LogP contribution in [0.4, 0.5) is 5.69 Å². The van der Waals surface area contributed by atoms with Gasteiger partial charge in [0.25, 0.3) is 0 Å². The van der Waals surface area contributed by atoms with Crippen LogP contribution in [0.5, 0.6) is 0 Å². The summed E-state index contributed by atoms with van der Waals surface area (Å²) in [5.41, 5.74) is 4.09. The zero-order chi connectivity index (χ0) is 16.7. The van der Waals surface area contributed by atoms with Gasteiger partial charge in [-0.2, -0.15) is 0 Å². The molecule has 0 spiro atoms. The molecule has 0 aliphatic heterocycles. The summed E-state index contributed by atoms with van der Waals surface area (Å²) < 4.78 is 0. The normalized spacial score (nSPS) is 12.4. The van der Waals surface area contributed by atoms with Gasteiger partial charge in [-0.1, -0.05) is 42.5 Å². The highest BCUT2D eigenvalue weighted by atomic mass is 15.2. The number of hydrogen-bond acceptors (Lipinski definition) is 1. The quantitative estimate of drug-likeness (QED) is 0.723. The minimum absolute atomic E-state index is 1.08. The summed E-state index contributed by atoms with van der Waals surface area (Å²) in [5.74, 6) is 0. The number of rotatable bonds is 8. The Morgan fingerprint density at radius 1 is 0.739 bits per heavy atom. The van der Waals surface area contributed by atoms with E-state index in [-0.39, 0.29) is 0 Å². The van der Waals surface area contributed by atoms with Crippen molar-refractivity contribution in [2.45, 2.75) is 13.1 Å². The van der Waals surface area contributed by atoms with Gasteiger partial charge in [-0.15, -0.1) is 0 Å².